The standard InChI is InChI=1S/C17H16BrNO2/c1-12-11-14(18)8-9-15(12)19-17(20)10-7-13-5-3-4-6-16(13)21-2/h3-11H,1-2H3,(H,19,20)/b10-7+. The van der Waals surface area contributed by atoms with Crippen LogP contribution in [0.1, 0.15) is 11.1 Å². The van der Waals surface area contributed by atoms with E-state index in [-0.39, 0.29) is 5.91 Å². The van der Waals surface area contributed by atoms with Gasteiger partial charge >= 0.3 is 0 Å². The number of anilines is 1. The summed E-state index contributed by atoms with van der Waals surface area (Å²) in [7, 11) is 1.61. The molecule has 21 heavy (non-hydrogen) atoms. The Morgan fingerprint density at radius 1 is 1.24 bits per heavy atom. The van der Waals surface area contributed by atoms with E-state index in [0.29, 0.717) is 0 Å². The lowest BCUT2D eigenvalue weighted by Gasteiger charge is -2.07. The number of ether oxygens (including phenoxy) is 1. The zero-order chi connectivity index (χ0) is 15.2. The summed E-state index contributed by atoms with van der Waals surface area (Å²) in [6.45, 7) is 1.95. The summed E-state index contributed by atoms with van der Waals surface area (Å²) in [6.07, 6.45) is 3.24. The Hall–Kier alpha value is -2.07. The lowest BCUT2D eigenvalue weighted by Crippen LogP contribution is -2.08. The molecule has 108 valence electrons. The third kappa shape index (κ3) is 4.20. The Kier molecular flexibility index (Phi) is 5.17. The van der Waals surface area contributed by atoms with Gasteiger partial charge in [0, 0.05) is 21.8 Å². The molecule has 0 radical (unpaired) electrons. The van der Waals surface area contributed by atoms with Crippen molar-refractivity contribution in [3.63, 3.8) is 0 Å². The molecular formula is C17H16BrNO2. The van der Waals surface area contributed by atoms with Crippen molar-refractivity contribution >= 4 is 33.6 Å². The molecule has 0 fully saturated rings. The highest BCUT2D eigenvalue weighted by atomic mass is 79.9. The number of para-hydroxylation sites is 1. The highest BCUT2D eigenvalue weighted by molar-refractivity contribution is 9.10. The summed E-state index contributed by atoms with van der Waals surface area (Å²) in [6, 6.07) is 13.3. The maximum atomic E-state index is 12.0. The molecule has 4 heteroatoms. The second-order valence-electron chi connectivity index (χ2n) is 4.52. The van der Waals surface area contributed by atoms with Gasteiger partial charge in [0.25, 0.3) is 0 Å². The number of halogens is 1. The van der Waals surface area contributed by atoms with E-state index in [9.17, 15) is 4.79 Å². The fourth-order valence-electron chi connectivity index (χ4n) is 1.91. The summed E-state index contributed by atoms with van der Waals surface area (Å²) in [5.41, 5.74) is 2.67. The maximum Gasteiger partial charge on any atom is 0.248 e. The normalized spacial score (nSPS) is 10.6. The second kappa shape index (κ2) is 7.09. The van der Waals surface area contributed by atoms with Gasteiger partial charge in [-0.2, -0.15) is 0 Å². The zero-order valence-electron chi connectivity index (χ0n) is 11.9. The molecule has 1 N–H and O–H groups in total. The zero-order valence-corrected chi connectivity index (χ0v) is 13.5. The van der Waals surface area contributed by atoms with E-state index >= 15 is 0 Å². The molecule has 0 saturated heterocycles. The smallest absolute Gasteiger partial charge is 0.248 e. The van der Waals surface area contributed by atoms with Gasteiger partial charge in [-0.3, -0.25) is 4.79 Å². The number of benzene rings is 2. The number of nitrogens with one attached hydrogen (secondary N) is 1. The van der Waals surface area contributed by atoms with Crippen LogP contribution in [0.4, 0.5) is 5.69 Å². The number of carbonyl (C=O) groups is 1. The molecule has 2 aromatic rings. The van der Waals surface area contributed by atoms with E-state index in [1.807, 2.05) is 49.4 Å². The van der Waals surface area contributed by atoms with Gasteiger partial charge in [0.05, 0.1) is 7.11 Å². The van der Waals surface area contributed by atoms with Gasteiger partial charge in [-0.05, 0) is 42.8 Å². The van der Waals surface area contributed by atoms with Gasteiger partial charge in [0.2, 0.25) is 5.91 Å². The Balaban J connectivity index is 2.09. The molecule has 0 bridgehead atoms. The van der Waals surface area contributed by atoms with E-state index in [0.717, 1.165) is 27.0 Å². The van der Waals surface area contributed by atoms with Crippen LogP contribution in [0.3, 0.4) is 0 Å². The van der Waals surface area contributed by atoms with E-state index in [1.54, 1.807) is 13.2 Å². The summed E-state index contributed by atoms with van der Waals surface area (Å²) in [4.78, 5) is 12.0. The number of aryl methyl sites for hydroxylation is 1. The van der Waals surface area contributed by atoms with Crippen molar-refractivity contribution < 1.29 is 9.53 Å². The average Bonchev–Trinajstić information content (AvgIpc) is 2.48. The predicted molar refractivity (Wildman–Crippen MR) is 89.5 cm³/mol. The molecule has 0 saturated carbocycles. The van der Waals surface area contributed by atoms with Crippen LogP contribution in [0.2, 0.25) is 0 Å². The van der Waals surface area contributed by atoms with Crippen molar-refractivity contribution in [3.05, 3.63) is 64.1 Å². The quantitative estimate of drug-likeness (QED) is 0.833. The van der Waals surface area contributed by atoms with Crippen molar-refractivity contribution in [2.24, 2.45) is 0 Å². The highest BCUT2D eigenvalue weighted by Gasteiger charge is 2.03. The van der Waals surface area contributed by atoms with Crippen LogP contribution < -0.4 is 10.1 Å². The van der Waals surface area contributed by atoms with Crippen LogP contribution in [-0.2, 0) is 4.79 Å². The summed E-state index contributed by atoms with van der Waals surface area (Å²) < 4.78 is 6.23. The molecule has 2 rings (SSSR count). The van der Waals surface area contributed by atoms with E-state index in [2.05, 4.69) is 21.2 Å². The lowest BCUT2D eigenvalue weighted by atomic mass is 10.2. The molecule has 0 unspecified atom stereocenters. The molecule has 0 heterocycles. The first kappa shape index (κ1) is 15.3. The number of hydrogen-bond acceptors (Lipinski definition) is 2. The summed E-state index contributed by atoms with van der Waals surface area (Å²) >= 11 is 3.40. The third-order valence-electron chi connectivity index (χ3n) is 3.00. The minimum Gasteiger partial charge on any atom is -0.496 e. The summed E-state index contributed by atoms with van der Waals surface area (Å²) in [5.74, 6) is 0.563. The van der Waals surface area contributed by atoms with Crippen molar-refractivity contribution in [2.45, 2.75) is 6.92 Å². The minimum atomic E-state index is -0.175. The topological polar surface area (TPSA) is 38.3 Å². The Morgan fingerprint density at radius 3 is 2.71 bits per heavy atom. The SMILES string of the molecule is COc1ccccc1/C=C/C(=O)Nc1ccc(Br)cc1C. The Bertz CT molecular complexity index is 680. The van der Waals surface area contributed by atoms with Crippen LogP contribution in [0, 0.1) is 6.92 Å². The van der Waals surface area contributed by atoms with E-state index in [1.165, 1.54) is 6.08 Å². The van der Waals surface area contributed by atoms with E-state index in [4.69, 9.17) is 4.74 Å². The van der Waals surface area contributed by atoms with Gasteiger partial charge < -0.3 is 10.1 Å². The first-order valence-electron chi connectivity index (χ1n) is 6.48. The largest absolute Gasteiger partial charge is 0.496 e. The molecule has 0 spiro atoms. The number of hydrogen-bond donors (Lipinski definition) is 1. The molecule has 3 nitrogen and oxygen atoms in total. The number of rotatable bonds is 4. The molecule has 1 amide bonds. The highest BCUT2D eigenvalue weighted by Crippen LogP contribution is 2.21. The van der Waals surface area contributed by atoms with Crippen LogP contribution in [0.5, 0.6) is 5.75 Å². The van der Waals surface area contributed by atoms with Crippen LogP contribution in [0.25, 0.3) is 6.08 Å². The molecular weight excluding hydrogens is 330 g/mol. The molecule has 2 aromatic carbocycles. The van der Waals surface area contributed by atoms with Gasteiger partial charge in [0.1, 0.15) is 5.75 Å². The van der Waals surface area contributed by atoms with Crippen LogP contribution in [-0.4, -0.2) is 13.0 Å². The van der Waals surface area contributed by atoms with Gasteiger partial charge in [-0.25, -0.2) is 0 Å². The third-order valence-corrected chi connectivity index (χ3v) is 3.49. The summed E-state index contributed by atoms with van der Waals surface area (Å²) in [5, 5.41) is 2.86. The average molecular weight is 346 g/mol. The van der Waals surface area contributed by atoms with Gasteiger partial charge in [-0.15, -0.1) is 0 Å². The lowest BCUT2D eigenvalue weighted by molar-refractivity contribution is -0.111. The predicted octanol–water partition coefficient (Wildman–Crippen LogP) is 4.42. The maximum absolute atomic E-state index is 12.0. The van der Waals surface area contributed by atoms with Crippen LogP contribution in [0.15, 0.2) is 53.0 Å². The van der Waals surface area contributed by atoms with Gasteiger partial charge in [0.15, 0.2) is 0 Å². The van der Waals surface area contributed by atoms with Crippen molar-refractivity contribution in [1.29, 1.82) is 0 Å². The fourth-order valence-corrected chi connectivity index (χ4v) is 2.39. The van der Waals surface area contributed by atoms with Crippen molar-refractivity contribution in [2.75, 3.05) is 12.4 Å². The molecule has 0 aliphatic heterocycles. The second-order valence-corrected chi connectivity index (χ2v) is 5.44. The van der Waals surface area contributed by atoms with Crippen LogP contribution >= 0.6 is 15.9 Å². The van der Waals surface area contributed by atoms with E-state index < -0.39 is 0 Å². The van der Waals surface area contributed by atoms with Crippen molar-refractivity contribution in [3.8, 4) is 5.75 Å². The number of amides is 1. The first-order valence-corrected chi connectivity index (χ1v) is 7.27. The molecule has 0 aliphatic carbocycles. The number of methoxy groups -OCH3 is 1. The Labute approximate surface area is 132 Å². The molecule has 0 atom stereocenters. The monoisotopic (exact) mass is 345 g/mol. The first-order chi connectivity index (χ1) is 10.1. The van der Waals surface area contributed by atoms with Crippen molar-refractivity contribution in [1.82, 2.24) is 0 Å². The fraction of sp³-hybridized carbons (Fsp3) is 0.118. The number of carbonyl (C=O) groups excluding carboxylic acids is 1. The Morgan fingerprint density at radius 2 is 2.00 bits per heavy atom. The van der Waals surface area contributed by atoms with Gasteiger partial charge in [-0.1, -0.05) is 34.1 Å². The molecule has 0 aromatic heterocycles. The molecule has 0 aliphatic rings. The minimum absolute atomic E-state index is 0.175.